The van der Waals surface area contributed by atoms with Gasteiger partial charge in [0.2, 0.25) is 5.91 Å². The maximum absolute atomic E-state index is 12.3. The molecule has 0 radical (unpaired) electrons. The molecule has 0 bridgehead atoms. The molecule has 0 unspecified atom stereocenters. The Kier molecular flexibility index (Phi) is 6.99. The third-order valence-corrected chi connectivity index (χ3v) is 4.91. The summed E-state index contributed by atoms with van der Waals surface area (Å²) in [6.45, 7) is 2.73. The largest absolute Gasteiger partial charge is 0.455 e. The fraction of sp³-hybridized carbons (Fsp3) is 0.261. The number of amides is 3. The van der Waals surface area contributed by atoms with Crippen LogP contribution >= 0.6 is 0 Å². The van der Waals surface area contributed by atoms with Crippen LogP contribution in [0.2, 0.25) is 0 Å². The normalized spacial score (nSPS) is 15.2. The van der Waals surface area contributed by atoms with Crippen molar-refractivity contribution in [1.29, 1.82) is 0 Å². The highest BCUT2D eigenvalue weighted by molar-refractivity contribution is 5.98. The van der Waals surface area contributed by atoms with Crippen LogP contribution in [0.3, 0.4) is 0 Å². The predicted molar refractivity (Wildman–Crippen MR) is 115 cm³/mol. The lowest BCUT2D eigenvalue weighted by atomic mass is 10.1. The van der Waals surface area contributed by atoms with Crippen LogP contribution in [-0.2, 0) is 19.1 Å². The Bertz CT molecular complexity index is 1060. The Hall–Kier alpha value is -4.01. The maximum Gasteiger partial charge on any atom is 0.311 e. The lowest BCUT2D eigenvalue weighted by Crippen LogP contribution is -2.43. The first-order valence-electron chi connectivity index (χ1n) is 9.98. The van der Waals surface area contributed by atoms with E-state index in [-0.39, 0.29) is 18.7 Å². The van der Waals surface area contributed by atoms with Crippen LogP contribution in [0.25, 0.3) is 0 Å². The number of nitrogens with zero attached hydrogens (tertiary/aromatic N) is 1. The highest BCUT2D eigenvalue weighted by atomic mass is 16.5. The Morgan fingerprint density at radius 3 is 2.47 bits per heavy atom. The molecule has 1 aliphatic heterocycles. The number of ketones is 1. The lowest BCUT2D eigenvalue weighted by molar-refractivity contribution is -0.151. The minimum Gasteiger partial charge on any atom is -0.455 e. The first-order valence-corrected chi connectivity index (χ1v) is 9.98. The number of benzene rings is 2. The van der Waals surface area contributed by atoms with E-state index in [0.717, 1.165) is 10.6 Å². The second-order valence-electron chi connectivity index (χ2n) is 7.51. The number of esters is 1. The molecule has 1 atom stereocenters. The zero-order valence-corrected chi connectivity index (χ0v) is 17.7. The van der Waals surface area contributed by atoms with E-state index >= 15 is 0 Å². The van der Waals surface area contributed by atoms with E-state index in [9.17, 15) is 24.0 Å². The van der Waals surface area contributed by atoms with Crippen LogP contribution in [0.5, 0.6) is 0 Å². The Labute approximate surface area is 184 Å². The zero-order valence-electron chi connectivity index (χ0n) is 17.7. The average Bonchev–Trinajstić information content (AvgIpc) is 3.13. The van der Waals surface area contributed by atoms with Crippen molar-refractivity contribution >= 4 is 35.2 Å². The number of ether oxygens (including phenoxy) is 1. The predicted octanol–water partition coefficient (Wildman–Crippen LogP) is 1.87. The maximum atomic E-state index is 12.3. The van der Waals surface area contributed by atoms with Crippen LogP contribution in [0, 0.1) is 12.8 Å². The fourth-order valence-electron chi connectivity index (χ4n) is 3.13. The van der Waals surface area contributed by atoms with Crippen molar-refractivity contribution in [1.82, 2.24) is 10.4 Å². The van der Waals surface area contributed by atoms with Crippen molar-refractivity contribution in [2.45, 2.75) is 20.3 Å². The molecule has 2 N–H and O–H groups in total. The number of hydrogen-bond donors (Lipinski definition) is 2. The standard InChI is InChI=1S/C23H23N3O6/c1-14-6-8-16(9-7-14)22(30)25-26-12-18(11-21(26)29)23(31)32-13-20(28)24-19-5-3-4-17(10-19)15(2)27/h3-10,18H,11-13H2,1-2H3,(H,24,28)(H,25,30)/t18-/m0/s1. The number of nitrogens with one attached hydrogen (secondary N) is 2. The first kappa shape index (κ1) is 22.7. The van der Waals surface area contributed by atoms with Gasteiger partial charge in [-0.25, -0.2) is 0 Å². The summed E-state index contributed by atoms with van der Waals surface area (Å²) in [4.78, 5) is 60.2. The molecule has 32 heavy (non-hydrogen) atoms. The van der Waals surface area contributed by atoms with Gasteiger partial charge in [-0.3, -0.25) is 34.4 Å². The van der Waals surface area contributed by atoms with E-state index in [1.807, 2.05) is 6.92 Å². The van der Waals surface area contributed by atoms with E-state index in [2.05, 4.69) is 10.7 Å². The summed E-state index contributed by atoms with van der Waals surface area (Å²) in [5.74, 6) is -3.10. The van der Waals surface area contributed by atoms with Gasteiger partial charge in [-0.2, -0.15) is 0 Å². The third-order valence-electron chi connectivity index (χ3n) is 4.91. The zero-order chi connectivity index (χ0) is 23.3. The van der Waals surface area contributed by atoms with Crippen LogP contribution < -0.4 is 10.7 Å². The topological polar surface area (TPSA) is 122 Å². The first-order chi connectivity index (χ1) is 15.2. The minimum atomic E-state index is -0.797. The third kappa shape index (κ3) is 5.78. The molecule has 2 aromatic carbocycles. The van der Waals surface area contributed by atoms with Gasteiger partial charge < -0.3 is 10.1 Å². The van der Waals surface area contributed by atoms with Gasteiger partial charge in [0, 0.05) is 23.2 Å². The molecule has 1 fully saturated rings. The highest BCUT2D eigenvalue weighted by Gasteiger charge is 2.36. The molecular formula is C23H23N3O6. The number of rotatable bonds is 7. The van der Waals surface area contributed by atoms with Crippen LogP contribution in [0.15, 0.2) is 48.5 Å². The summed E-state index contributed by atoms with van der Waals surface area (Å²) >= 11 is 0. The molecule has 3 rings (SSSR count). The molecule has 0 aliphatic carbocycles. The highest BCUT2D eigenvalue weighted by Crippen LogP contribution is 2.18. The second kappa shape index (κ2) is 9.86. The number of aryl methyl sites for hydroxylation is 1. The van der Waals surface area contributed by atoms with E-state index in [0.29, 0.717) is 16.8 Å². The van der Waals surface area contributed by atoms with Crippen molar-refractivity contribution in [2.24, 2.45) is 5.92 Å². The van der Waals surface area contributed by atoms with Crippen molar-refractivity contribution in [2.75, 3.05) is 18.5 Å². The van der Waals surface area contributed by atoms with Crippen LogP contribution in [-0.4, -0.2) is 47.6 Å². The average molecular weight is 437 g/mol. The molecule has 0 spiro atoms. The van der Waals surface area contributed by atoms with E-state index < -0.39 is 36.2 Å². The van der Waals surface area contributed by atoms with E-state index in [1.165, 1.54) is 13.0 Å². The second-order valence-corrected chi connectivity index (χ2v) is 7.51. The summed E-state index contributed by atoms with van der Waals surface area (Å²) in [7, 11) is 0. The van der Waals surface area contributed by atoms with Crippen molar-refractivity contribution in [3.8, 4) is 0 Å². The number of hydrazine groups is 1. The Morgan fingerprint density at radius 1 is 1.06 bits per heavy atom. The summed E-state index contributed by atoms with van der Waals surface area (Å²) in [5, 5.41) is 3.63. The summed E-state index contributed by atoms with van der Waals surface area (Å²) in [5.41, 5.74) is 4.72. The molecule has 9 heteroatoms. The van der Waals surface area contributed by atoms with Gasteiger partial charge in [-0.1, -0.05) is 29.8 Å². The molecule has 1 aliphatic rings. The smallest absolute Gasteiger partial charge is 0.311 e. The van der Waals surface area contributed by atoms with E-state index in [1.54, 1.807) is 42.5 Å². The minimum absolute atomic E-state index is 0.0441. The van der Waals surface area contributed by atoms with Crippen LogP contribution in [0.4, 0.5) is 5.69 Å². The monoisotopic (exact) mass is 437 g/mol. The summed E-state index contributed by atoms with van der Waals surface area (Å²) < 4.78 is 5.03. The molecule has 1 heterocycles. The molecule has 2 aromatic rings. The van der Waals surface area contributed by atoms with Gasteiger partial charge in [0.25, 0.3) is 11.8 Å². The molecule has 1 saturated heterocycles. The van der Waals surface area contributed by atoms with Gasteiger partial charge >= 0.3 is 5.97 Å². The number of hydrogen-bond acceptors (Lipinski definition) is 6. The number of anilines is 1. The molecule has 0 saturated carbocycles. The van der Waals surface area contributed by atoms with Gasteiger partial charge in [-0.15, -0.1) is 0 Å². The van der Waals surface area contributed by atoms with Crippen molar-refractivity contribution < 1.29 is 28.7 Å². The van der Waals surface area contributed by atoms with Gasteiger partial charge in [0.15, 0.2) is 12.4 Å². The number of carbonyl (C=O) groups excluding carboxylic acids is 5. The van der Waals surface area contributed by atoms with Gasteiger partial charge in [0.1, 0.15) is 0 Å². The van der Waals surface area contributed by atoms with Crippen LogP contribution in [0.1, 0.15) is 39.6 Å². The Morgan fingerprint density at radius 2 is 1.78 bits per heavy atom. The fourth-order valence-corrected chi connectivity index (χ4v) is 3.13. The Balaban J connectivity index is 1.48. The molecule has 166 valence electrons. The van der Waals surface area contributed by atoms with E-state index in [4.69, 9.17) is 4.74 Å². The van der Waals surface area contributed by atoms with Gasteiger partial charge in [0.05, 0.1) is 12.5 Å². The summed E-state index contributed by atoms with van der Waals surface area (Å²) in [6.07, 6.45) is -0.130. The SMILES string of the molecule is CC(=O)c1cccc(NC(=O)COC(=O)[C@H]2CC(=O)N(NC(=O)c3ccc(C)cc3)C2)c1. The molecule has 9 nitrogen and oxygen atoms in total. The quantitative estimate of drug-likeness (QED) is 0.504. The van der Waals surface area contributed by atoms with Crippen molar-refractivity contribution in [3.05, 3.63) is 65.2 Å². The van der Waals surface area contributed by atoms with Gasteiger partial charge in [-0.05, 0) is 38.1 Å². The summed E-state index contributed by atoms with van der Waals surface area (Å²) in [6, 6.07) is 13.2. The van der Waals surface area contributed by atoms with Crippen molar-refractivity contribution in [3.63, 3.8) is 0 Å². The molecular weight excluding hydrogens is 414 g/mol. The lowest BCUT2D eigenvalue weighted by Gasteiger charge is -2.17. The molecule has 0 aromatic heterocycles. The number of carbonyl (C=O) groups is 5. The number of Topliss-reactive ketones (excluding diaryl/α,β-unsaturated/α-hetero) is 1. The molecule has 3 amide bonds.